The maximum Gasteiger partial charge on any atom is 0.322 e. The van der Waals surface area contributed by atoms with Gasteiger partial charge in [-0.25, -0.2) is 4.79 Å². The second kappa shape index (κ2) is 7.89. The van der Waals surface area contributed by atoms with Crippen molar-refractivity contribution in [1.29, 1.82) is 0 Å². The Hall–Kier alpha value is -3.08. The third kappa shape index (κ3) is 3.79. The molecule has 1 atom stereocenters. The number of hydrogen-bond acceptors (Lipinski definition) is 2. The number of amides is 2. The Balaban J connectivity index is 1.61. The smallest absolute Gasteiger partial charge is 0.313 e. The zero-order chi connectivity index (χ0) is 19.5. The summed E-state index contributed by atoms with van der Waals surface area (Å²) in [7, 11) is 0. The van der Waals surface area contributed by atoms with Gasteiger partial charge in [-0.1, -0.05) is 54.1 Å². The minimum Gasteiger partial charge on any atom is -0.313 e. The van der Waals surface area contributed by atoms with Crippen molar-refractivity contribution in [2.24, 2.45) is 0 Å². The number of hydrogen-bond donors (Lipinski definition) is 1. The minimum absolute atomic E-state index is 0.0822. The quantitative estimate of drug-likeness (QED) is 0.688. The summed E-state index contributed by atoms with van der Waals surface area (Å²) in [4.78, 5) is 15.2. The van der Waals surface area contributed by atoms with E-state index >= 15 is 0 Å². The molecule has 144 valence electrons. The first-order valence-corrected chi connectivity index (χ1v) is 9.87. The fourth-order valence-corrected chi connectivity index (χ4v) is 3.87. The topological polar surface area (TPSA) is 50.2 Å². The fourth-order valence-electron chi connectivity index (χ4n) is 3.87. The van der Waals surface area contributed by atoms with E-state index in [0.29, 0.717) is 6.54 Å². The maximum absolute atomic E-state index is 13.3. The van der Waals surface area contributed by atoms with Crippen molar-refractivity contribution in [2.75, 3.05) is 5.32 Å². The number of nitrogens with zero attached hydrogens (tertiary/aromatic N) is 3. The highest BCUT2D eigenvalue weighted by Gasteiger charge is 2.31. The molecule has 4 rings (SSSR count). The molecule has 1 N–H and O–H groups in total. The van der Waals surface area contributed by atoms with Crippen molar-refractivity contribution in [3.05, 3.63) is 83.2 Å². The predicted molar refractivity (Wildman–Crippen MR) is 111 cm³/mol. The van der Waals surface area contributed by atoms with Crippen LogP contribution in [-0.4, -0.2) is 20.7 Å². The van der Waals surface area contributed by atoms with Crippen LogP contribution in [0.3, 0.4) is 0 Å². The number of anilines is 1. The van der Waals surface area contributed by atoms with Crippen molar-refractivity contribution >= 4 is 11.7 Å². The Morgan fingerprint density at radius 3 is 2.75 bits per heavy atom. The van der Waals surface area contributed by atoms with Gasteiger partial charge in [0, 0.05) is 19.3 Å². The third-order valence-corrected chi connectivity index (χ3v) is 5.42. The molecule has 1 aliphatic rings. The van der Waals surface area contributed by atoms with Crippen LogP contribution in [0.5, 0.6) is 0 Å². The summed E-state index contributed by atoms with van der Waals surface area (Å²) in [6.07, 6.45) is 5.53. The number of benzene rings is 2. The van der Waals surface area contributed by atoms with E-state index in [0.717, 1.165) is 30.6 Å². The van der Waals surface area contributed by atoms with Gasteiger partial charge in [0.2, 0.25) is 0 Å². The van der Waals surface area contributed by atoms with Gasteiger partial charge in [0.15, 0.2) is 0 Å². The van der Waals surface area contributed by atoms with Crippen molar-refractivity contribution in [1.82, 2.24) is 14.7 Å². The Kier molecular flexibility index (Phi) is 5.15. The lowest BCUT2D eigenvalue weighted by Gasteiger charge is -2.30. The first-order valence-electron chi connectivity index (χ1n) is 9.87. The number of aryl methyl sites for hydroxylation is 3. The molecule has 0 radical (unpaired) electrons. The molecule has 0 bridgehead atoms. The number of rotatable bonds is 5. The molecule has 1 heterocycles. The van der Waals surface area contributed by atoms with E-state index in [4.69, 9.17) is 0 Å². The summed E-state index contributed by atoms with van der Waals surface area (Å²) in [6.45, 7) is 5.45. The normalized spacial score (nSPS) is 15.3. The molecule has 0 fully saturated rings. The van der Waals surface area contributed by atoms with Gasteiger partial charge in [-0.15, -0.1) is 0 Å². The van der Waals surface area contributed by atoms with E-state index < -0.39 is 0 Å². The molecule has 0 spiro atoms. The molecule has 5 heteroatoms. The number of carbonyl (C=O) groups is 1. The van der Waals surface area contributed by atoms with Crippen LogP contribution in [0, 0.1) is 6.92 Å². The first-order chi connectivity index (χ1) is 13.6. The third-order valence-electron chi connectivity index (χ3n) is 5.42. The number of urea groups is 1. The van der Waals surface area contributed by atoms with Crippen LogP contribution in [-0.2, 0) is 19.5 Å². The van der Waals surface area contributed by atoms with Crippen molar-refractivity contribution in [3.8, 4) is 0 Å². The lowest BCUT2D eigenvalue weighted by Crippen LogP contribution is -2.37. The van der Waals surface area contributed by atoms with E-state index in [2.05, 4.69) is 65.9 Å². The van der Waals surface area contributed by atoms with E-state index in [1.807, 2.05) is 22.7 Å². The predicted octanol–water partition coefficient (Wildman–Crippen LogP) is 4.93. The number of carbonyl (C=O) groups excluding carboxylic acids is 1. The largest absolute Gasteiger partial charge is 0.322 e. The molecular weight excluding hydrogens is 348 g/mol. The Morgan fingerprint density at radius 2 is 2.00 bits per heavy atom. The molecule has 0 aliphatic heterocycles. The van der Waals surface area contributed by atoms with Gasteiger partial charge < -0.3 is 10.2 Å². The maximum atomic E-state index is 13.3. The van der Waals surface area contributed by atoms with Gasteiger partial charge in [-0.2, -0.15) is 5.10 Å². The van der Waals surface area contributed by atoms with Gasteiger partial charge >= 0.3 is 6.03 Å². The molecule has 0 saturated heterocycles. The van der Waals surface area contributed by atoms with Crippen molar-refractivity contribution in [2.45, 2.75) is 45.8 Å². The number of nitrogens with one attached hydrogen (secondary N) is 1. The number of aromatic nitrogens is 2. The summed E-state index contributed by atoms with van der Waals surface area (Å²) in [5, 5.41) is 7.30. The molecule has 3 aromatic rings. The summed E-state index contributed by atoms with van der Waals surface area (Å²) >= 11 is 0. The lowest BCUT2D eigenvalue weighted by atomic mass is 10.1. The van der Waals surface area contributed by atoms with Crippen LogP contribution in [0.25, 0.3) is 0 Å². The van der Waals surface area contributed by atoms with E-state index in [-0.39, 0.29) is 12.1 Å². The van der Waals surface area contributed by atoms with Gasteiger partial charge in [0.25, 0.3) is 0 Å². The zero-order valence-electron chi connectivity index (χ0n) is 16.4. The summed E-state index contributed by atoms with van der Waals surface area (Å²) in [5.74, 6) is 0. The molecule has 2 amide bonds. The monoisotopic (exact) mass is 374 g/mol. The fraction of sp³-hybridized carbons (Fsp3) is 0.304. The second-order valence-corrected chi connectivity index (χ2v) is 7.38. The molecule has 28 heavy (non-hydrogen) atoms. The van der Waals surface area contributed by atoms with E-state index in [9.17, 15) is 4.79 Å². The molecular formula is C23H26N4O. The van der Waals surface area contributed by atoms with Gasteiger partial charge in [0.05, 0.1) is 17.9 Å². The van der Waals surface area contributed by atoms with Gasteiger partial charge in [-0.3, -0.25) is 4.68 Å². The van der Waals surface area contributed by atoms with Crippen LogP contribution in [0.4, 0.5) is 10.5 Å². The van der Waals surface area contributed by atoms with Crippen LogP contribution >= 0.6 is 0 Å². The average molecular weight is 374 g/mol. The van der Waals surface area contributed by atoms with Crippen molar-refractivity contribution < 1.29 is 4.79 Å². The lowest BCUT2D eigenvalue weighted by molar-refractivity contribution is 0.183. The summed E-state index contributed by atoms with van der Waals surface area (Å²) < 4.78 is 1.81. The minimum atomic E-state index is -0.0852. The van der Waals surface area contributed by atoms with E-state index in [1.54, 1.807) is 6.20 Å². The number of fused-ring (bicyclic) bond motifs is 1. The Labute approximate surface area is 166 Å². The Morgan fingerprint density at radius 1 is 1.21 bits per heavy atom. The Bertz CT molecular complexity index is 961. The summed E-state index contributed by atoms with van der Waals surface area (Å²) in [5.41, 5.74) is 5.68. The molecule has 5 nitrogen and oxygen atoms in total. The van der Waals surface area contributed by atoms with Gasteiger partial charge in [-0.05, 0) is 43.4 Å². The van der Waals surface area contributed by atoms with Crippen LogP contribution in [0.2, 0.25) is 0 Å². The zero-order valence-corrected chi connectivity index (χ0v) is 16.4. The molecule has 1 aliphatic carbocycles. The van der Waals surface area contributed by atoms with E-state index in [1.165, 1.54) is 16.7 Å². The van der Waals surface area contributed by atoms with Crippen LogP contribution < -0.4 is 5.32 Å². The molecule has 2 aromatic carbocycles. The van der Waals surface area contributed by atoms with Crippen LogP contribution in [0.15, 0.2) is 60.9 Å². The molecule has 1 unspecified atom stereocenters. The van der Waals surface area contributed by atoms with Gasteiger partial charge in [0.1, 0.15) is 0 Å². The highest BCUT2D eigenvalue weighted by molar-refractivity contribution is 5.89. The summed E-state index contributed by atoms with van der Waals surface area (Å²) in [6, 6.07) is 16.8. The van der Waals surface area contributed by atoms with Crippen molar-refractivity contribution in [3.63, 3.8) is 0 Å². The SMILES string of the molecule is CCn1cc(NC(=O)N(Cc2ccc(C)cc2)C2CCc3ccccc32)cn1. The standard InChI is InChI=1S/C23H26N4O/c1-3-26-16-20(14-24-26)25-23(28)27(15-18-10-8-17(2)9-11-18)22-13-12-19-6-4-5-7-21(19)22/h4-11,14,16,22H,3,12-13,15H2,1-2H3,(H,25,28). The van der Waals surface area contributed by atoms with Crippen LogP contribution in [0.1, 0.15) is 41.6 Å². The molecule has 0 saturated carbocycles. The average Bonchev–Trinajstić information content (AvgIpc) is 3.34. The first kappa shape index (κ1) is 18.3. The molecule has 1 aromatic heterocycles. The highest BCUT2D eigenvalue weighted by atomic mass is 16.2. The second-order valence-electron chi connectivity index (χ2n) is 7.38. The highest BCUT2D eigenvalue weighted by Crippen LogP contribution is 2.36.